The molecule has 5 heteroatoms. The van der Waals surface area contributed by atoms with Crippen molar-refractivity contribution in [3.8, 4) is 5.75 Å². The molecule has 0 bridgehead atoms. The van der Waals surface area contributed by atoms with Crippen LogP contribution in [0.15, 0.2) is 18.2 Å². The number of H-pyrrole nitrogens is 1. The number of hydrogen-bond acceptors (Lipinski definition) is 3. The topological polar surface area (TPSA) is 39.2 Å². The molecule has 1 aromatic heterocycles. The first kappa shape index (κ1) is 12.7. The summed E-state index contributed by atoms with van der Waals surface area (Å²) < 4.78 is 13.9. The van der Waals surface area contributed by atoms with Crippen LogP contribution in [-0.2, 0) is 10.3 Å². The minimum absolute atomic E-state index is 0.0933. The van der Waals surface area contributed by atoms with E-state index >= 15 is 0 Å². The van der Waals surface area contributed by atoms with Crippen LogP contribution in [-0.4, -0.2) is 29.4 Å². The van der Waals surface area contributed by atoms with Crippen molar-refractivity contribution in [2.24, 2.45) is 0 Å². The van der Waals surface area contributed by atoms with E-state index < -0.39 is 0 Å². The molecule has 1 aromatic carbocycles. The van der Waals surface area contributed by atoms with Crippen molar-refractivity contribution < 1.29 is 9.47 Å². The second-order valence-corrected chi connectivity index (χ2v) is 5.66. The zero-order valence-electron chi connectivity index (χ0n) is 11.4. The summed E-state index contributed by atoms with van der Waals surface area (Å²) >= 11 is 5.50. The molecule has 2 heterocycles. The van der Waals surface area contributed by atoms with E-state index in [1.807, 2.05) is 12.1 Å². The van der Waals surface area contributed by atoms with Gasteiger partial charge in [-0.1, -0.05) is 0 Å². The molecule has 1 aliphatic heterocycles. The SMILES string of the molecule is COc1ccc2c(c1)[nH]c(=S)n2C1(C)CCOC1C. The van der Waals surface area contributed by atoms with E-state index in [4.69, 9.17) is 21.7 Å². The van der Waals surface area contributed by atoms with Gasteiger partial charge >= 0.3 is 0 Å². The summed E-state index contributed by atoms with van der Waals surface area (Å²) in [5.74, 6) is 0.830. The second kappa shape index (κ2) is 4.35. The maximum absolute atomic E-state index is 5.74. The van der Waals surface area contributed by atoms with Gasteiger partial charge in [0.2, 0.25) is 0 Å². The molecule has 3 rings (SSSR count). The van der Waals surface area contributed by atoms with Crippen LogP contribution in [0.3, 0.4) is 0 Å². The normalized spacial score (nSPS) is 27.0. The van der Waals surface area contributed by atoms with Gasteiger partial charge in [0.15, 0.2) is 4.77 Å². The maximum atomic E-state index is 5.74. The van der Waals surface area contributed by atoms with Crippen molar-refractivity contribution in [1.29, 1.82) is 0 Å². The highest BCUT2D eigenvalue weighted by atomic mass is 32.1. The minimum atomic E-state index is -0.0933. The van der Waals surface area contributed by atoms with Crippen molar-refractivity contribution in [3.05, 3.63) is 23.0 Å². The van der Waals surface area contributed by atoms with Crippen LogP contribution in [0.4, 0.5) is 0 Å². The smallest absolute Gasteiger partial charge is 0.178 e. The van der Waals surface area contributed by atoms with Crippen molar-refractivity contribution in [2.75, 3.05) is 13.7 Å². The summed E-state index contributed by atoms with van der Waals surface area (Å²) in [5.41, 5.74) is 2.01. The average Bonchev–Trinajstić information content (AvgIpc) is 2.89. The fraction of sp³-hybridized carbons (Fsp3) is 0.500. The predicted octanol–water partition coefficient (Wildman–Crippen LogP) is 3.23. The lowest BCUT2D eigenvalue weighted by atomic mass is 9.94. The first-order valence-corrected chi connectivity index (χ1v) is 6.88. The van der Waals surface area contributed by atoms with Crippen molar-refractivity contribution in [3.63, 3.8) is 0 Å². The highest BCUT2D eigenvalue weighted by Gasteiger charge is 2.40. The molecule has 2 atom stereocenters. The average molecular weight is 278 g/mol. The summed E-state index contributed by atoms with van der Waals surface area (Å²) in [4.78, 5) is 3.27. The van der Waals surface area contributed by atoms with Crippen LogP contribution in [0, 0.1) is 4.77 Å². The second-order valence-electron chi connectivity index (χ2n) is 5.27. The van der Waals surface area contributed by atoms with Gasteiger partial charge in [0.05, 0.1) is 29.8 Å². The molecule has 1 fully saturated rings. The number of aromatic amines is 1. The van der Waals surface area contributed by atoms with Crippen molar-refractivity contribution >= 4 is 23.3 Å². The Morgan fingerprint density at radius 2 is 2.32 bits per heavy atom. The number of nitrogens with one attached hydrogen (secondary N) is 1. The minimum Gasteiger partial charge on any atom is -0.497 e. The van der Waals surface area contributed by atoms with Crippen molar-refractivity contribution in [2.45, 2.75) is 31.9 Å². The number of benzene rings is 1. The van der Waals surface area contributed by atoms with E-state index in [0.29, 0.717) is 0 Å². The fourth-order valence-corrected chi connectivity index (χ4v) is 3.26. The molecule has 0 radical (unpaired) electrons. The van der Waals surface area contributed by atoms with Crippen LogP contribution in [0.1, 0.15) is 20.3 Å². The van der Waals surface area contributed by atoms with E-state index in [-0.39, 0.29) is 11.6 Å². The molecule has 0 aliphatic carbocycles. The Bertz CT molecular complexity index is 676. The predicted molar refractivity (Wildman–Crippen MR) is 77.4 cm³/mol. The van der Waals surface area contributed by atoms with Crippen LogP contribution < -0.4 is 4.74 Å². The van der Waals surface area contributed by atoms with Crippen molar-refractivity contribution in [1.82, 2.24) is 9.55 Å². The van der Waals surface area contributed by atoms with Crippen LogP contribution in [0.5, 0.6) is 5.75 Å². The standard InChI is InChI=1S/C14H18N2O2S/c1-9-14(2,6-7-18-9)16-12-5-4-10(17-3)8-11(12)15-13(16)19/h4-5,8-9H,6-7H2,1-3H3,(H,15,19). The number of methoxy groups -OCH3 is 1. The molecule has 2 aromatic rings. The van der Waals surface area contributed by atoms with Gasteiger partial charge in [0, 0.05) is 12.7 Å². The Kier molecular flexibility index (Phi) is 2.91. The molecular formula is C14H18N2O2S. The zero-order chi connectivity index (χ0) is 13.6. The molecule has 4 nitrogen and oxygen atoms in total. The number of hydrogen-bond donors (Lipinski definition) is 1. The molecular weight excluding hydrogens is 260 g/mol. The third-order valence-corrected chi connectivity index (χ3v) is 4.54. The Balaban J connectivity index is 2.24. The molecule has 102 valence electrons. The zero-order valence-corrected chi connectivity index (χ0v) is 12.2. The van der Waals surface area contributed by atoms with E-state index in [2.05, 4.69) is 29.5 Å². The number of nitrogens with zero attached hydrogens (tertiary/aromatic N) is 1. The number of ether oxygens (including phenoxy) is 2. The summed E-state index contributed by atoms with van der Waals surface area (Å²) in [6.07, 6.45) is 1.13. The van der Waals surface area contributed by atoms with Crippen LogP contribution in [0.2, 0.25) is 0 Å². The van der Waals surface area contributed by atoms with E-state index in [1.54, 1.807) is 7.11 Å². The molecule has 0 saturated carbocycles. The molecule has 2 unspecified atom stereocenters. The third-order valence-electron chi connectivity index (χ3n) is 4.25. The highest BCUT2D eigenvalue weighted by Crippen LogP contribution is 2.36. The first-order chi connectivity index (χ1) is 9.06. The van der Waals surface area contributed by atoms with Gasteiger partial charge in [-0.2, -0.15) is 0 Å². The number of rotatable bonds is 2. The Hall–Kier alpha value is -1.33. The van der Waals surface area contributed by atoms with Gasteiger partial charge in [-0.25, -0.2) is 0 Å². The summed E-state index contributed by atoms with van der Waals surface area (Å²) in [6, 6.07) is 5.99. The van der Waals surface area contributed by atoms with Gasteiger partial charge in [0.25, 0.3) is 0 Å². The number of imidazole rings is 1. The van der Waals surface area contributed by atoms with E-state index in [0.717, 1.165) is 34.6 Å². The van der Waals surface area contributed by atoms with Crippen LogP contribution >= 0.6 is 12.2 Å². The number of aromatic nitrogens is 2. The Morgan fingerprint density at radius 1 is 1.53 bits per heavy atom. The van der Waals surface area contributed by atoms with E-state index in [1.165, 1.54) is 0 Å². The lowest BCUT2D eigenvalue weighted by Gasteiger charge is -2.30. The molecule has 0 spiro atoms. The van der Waals surface area contributed by atoms with Gasteiger partial charge in [-0.3, -0.25) is 0 Å². The monoisotopic (exact) mass is 278 g/mol. The molecule has 1 saturated heterocycles. The lowest BCUT2D eigenvalue weighted by molar-refractivity contribution is 0.0770. The molecule has 1 aliphatic rings. The molecule has 19 heavy (non-hydrogen) atoms. The third kappa shape index (κ3) is 1.80. The quantitative estimate of drug-likeness (QED) is 0.857. The summed E-state index contributed by atoms with van der Waals surface area (Å²) in [7, 11) is 1.67. The maximum Gasteiger partial charge on any atom is 0.178 e. The van der Waals surface area contributed by atoms with Gasteiger partial charge in [-0.15, -0.1) is 0 Å². The summed E-state index contributed by atoms with van der Waals surface area (Å²) in [6.45, 7) is 5.09. The van der Waals surface area contributed by atoms with Gasteiger partial charge < -0.3 is 19.0 Å². The van der Waals surface area contributed by atoms with Gasteiger partial charge in [-0.05, 0) is 44.6 Å². The first-order valence-electron chi connectivity index (χ1n) is 6.47. The summed E-state index contributed by atoms with van der Waals surface area (Å²) in [5, 5.41) is 0. The Labute approximate surface area is 117 Å². The number of fused-ring (bicyclic) bond motifs is 1. The highest BCUT2D eigenvalue weighted by molar-refractivity contribution is 7.71. The van der Waals surface area contributed by atoms with Crippen LogP contribution in [0.25, 0.3) is 11.0 Å². The fourth-order valence-electron chi connectivity index (χ4n) is 2.84. The molecule has 1 N–H and O–H groups in total. The van der Waals surface area contributed by atoms with E-state index in [9.17, 15) is 0 Å². The molecule has 0 amide bonds. The Morgan fingerprint density at radius 3 is 2.95 bits per heavy atom. The lowest BCUT2D eigenvalue weighted by Crippen LogP contribution is -2.36. The largest absolute Gasteiger partial charge is 0.497 e. The van der Waals surface area contributed by atoms with Gasteiger partial charge in [0.1, 0.15) is 5.75 Å².